The minimum atomic E-state index is -1.09. The fraction of sp³-hybridized carbons (Fsp3) is 0. The van der Waals surface area contributed by atoms with E-state index in [2.05, 4.69) is 4.98 Å². The highest BCUT2D eigenvalue weighted by atomic mass is 16.5. The number of nitrogens with zero attached hydrogens (tertiary/aromatic N) is 1. The molecule has 0 amide bonds. The molecule has 5 heteroatoms. The molecule has 3 rings (SSSR count). The van der Waals surface area contributed by atoms with Gasteiger partial charge in [-0.2, -0.15) is 0 Å². The lowest BCUT2D eigenvalue weighted by Gasteiger charge is -2.03. The highest BCUT2D eigenvalue weighted by Crippen LogP contribution is 2.26. The first-order chi connectivity index (χ1) is 9.22. The van der Waals surface area contributed by atoms with Crippen LogP contribution in [-0.4, -0.2) is 16.1 Å². The largest absolute Gasteiger partial charge is 0.475 e. The molecule has 0 fully saturated rings. The molecule has 0 atom stereocenters. The van der Waals surface area contributed by atoms with Gasteiger partial charge in [-0.25, -0.2) is 9.78 Å². The number of carboxylic acids is 1. The minimum absolute atomic E-state index is 0.0926. The number of fused-ring (bicyclic) bond motifs is 1. The van der Waals surface area contributed by atoms with E-state index in [1.807, 2.05) is 6.07 Å². The van der Waals surface area contributed by atoms with Crippen LogP contribution in [0, 0.1) is 0 Å². The fourth-order valence-electron chi connectivity index (χ4n) is 1.72. The minimum Gasteiger partial charge on any atom is -0.475 e. The normalized spacial score (nSPS) is 10.5. The molecule has 0 aliphatic heterocycles. The fourth-order valence-corrected chi connectivity index (χ4v) is 1.72. The zero-order valence-electron chi connectivity index (χ0n) is 9.74. The van der Waals surface area contributed by atoms with Crippen LogP contribution < -0.4 is 4.74 Å². The highest BCUT2D eigenvalue weighted by molar-refractivity contribution is 5.91. The molecule has 19 heavy (non-hydrogen) atoms. The van der Waals surface area contributed by atoms with E-state index in [1.165, 1.54) is 6.07 Å². The Kier molecular flexibility index (Phi) is 2.64. The van der Waals surface area contributed by atoms with E-state index in [-0.39, 0.29) is 5.76 Å². The van der Waals surface area contributed by atoms with Crippen LogP contribution in [0.4, 0.5) is 0 Å². The van der Waals surface area contributed by atoms with Crippen LogP contribution in [0.3, 0.4) is 0 Å². The van der Waals surface area contributed by atoms with Gasteiger partial charge in [-0.15, -0.1) is 0 Å². The maximum Gasteiger partial charge on any atom is 0.371 e. The second kappa shape index (κ2) is 4.45. The molecular formula is C14H9NO4. The summed E-state index contributed by atoms with van der Waals surface area (Å²) in [6, 6.07) is 11.9. The Hall–Kier alpha value is -2.82. The van der Waals surface area contributed by atoms with E-state index in [9.17, 15) is 4.79 Å². The monoisotopic (exact) mass is 255 g/mol. The average Bonchev–Trinajstić information content (AvgIpc) is 2.83. The number of hydrogen-bond acceptors (Lipinski definition) is 4. The van der Waals surface area contributed by atoms with Crippen molar-refractivity contribution in [2.75, 3.05) is 0 Å². The number of furan rings is 1. The molecule has 5 nitrogen and oxygen atoms in total. The standard InChI is InChI=1S/C14H9NO4/c16-14(17)12-8-9-7-10(4-5-11(9)19-12)18-13-3-1-2-6-15-13/h1-8H,(H,16,17). The lowest BCUT2D eigenvalue weighted by Crippen LogP contribution is -1.91. The highest BCUT2D eigenvalue weighted by Gasteiger charge is 2.11. The third kappa shape index (κ3) is 2.26. The van der Waals surface area contributed by atoms with Crippen molar-refractivity contribution < 1.29 is 19.1 Å². The summed E-state index contributed by atoms with van der Waals surface area (Å²) in [5, 5.41) is 9.53. The summed E-state index contributed by atoms with van der Waals surface area (Å²) in [6.45, 7) is 0. The van der Waals surface area contributed by atoms with Crippen molar-refractivity contribution in [3.63, 3.8) is 0 Å². The summed E-state index contributed by atoms with van der Waals surface area (Å²) >= 11 is 0. The predicted molar refractivity (Wildman–Crippen MR) is 67.5 cm³/mol. The summed E-state index contributed by atoms with van der Waals surface area (Å²) in [4.78, 5) is 14.9. The van der Waals surface area contributed by atoms with Crippen LogP contribution in [-0.2, 0) is 0 Å². The summed E-state index contributed by atoms with van der Waals surface area (Å²) in [5.74, 6) is -0.138. The first kappa shape index (κ1) is 11.3. The van der Waals surface area contributed by atoms with Crippen LogP contribution in [0.1, 0.15) is 10.6 Å². The Morgan fingerprint density at radius 3 is 2.84 bits per heavy atom. The van der Waals surface area contributed by atoms with Crippen molar-refractivity contribution in [1.29, 1.82) is 0 Å². The van der Waals surface area contributed by atoms with Gasteiger partial charge in [-0.3, -0.25) is 0 Å². The van der Waals surface area contributed by atoms with Crippen LogP contribution in [0.5, 0.6) is 11.6 Å². The van der Waals surface area contributed by atoms with E-state index in [1.54, 1.807) is 36.5 Å². The van der Waals surface area contributed by atoms with Crippen LogP contribution in [0.2, 0.25) is 0 Å². The topological polar surface area (TPSA) is 72.6 Å². The van der Waals surface area contributed by atoms with Gasteiger partial charge in [0.25, 0.3) is 0 Å². The third-order valence-electron chi connectivity index (χ3n) is 2.56. The lowest BCUT2D eigenvalue weighted by atomic mass is 10.2. The maximum atomic E-state index is 10.8. The van der Waals surface area contributed by atoms with Gasteiger partial charge < -0.3 is 14.3 Å². The average molecular weight is 255 g/mol. The Balaban J connectivity index is 1.95. The Labute approximate surface area is 108 Å². The van der Waals surface area contributed by atoms with Gasteiger partial charge in [-0.1, -0.05) is 6.07 Å². The number of aromatic carboxylic acids is 1. The predicted octanol–water partition coefficient (Wildman–Crippen LogP) is 3.32. The number of benzene rings is 1. The molecule has 3 aromatic rings. The van der Waals surface area contributed by atoms with Crippen molar-refractivity contribution in [3.05, 3.63) is 54.4 Å². The molecule has 0 radical (unpaired) electrons. The van der Waals surface area contributed by atoms with Crippen molar-refractivity contribution in [1.82, 2.24) is 4.98 Å². The number of pyridine rings is 1. The first-order valence-corrected chi connectivity index (χ1v) is 5.58. The first-order valence-electron chi connectivity index (χ1n) is 5.58. The zero-order valence-corrected chi connectivity index (χ0v) is 9.74. The molecule has 0 saturated carbocycles. The Morgan fingerprint density at radius 1 is 1.21 bits per heavy atom. The molecule has 0 saturated heterocycles. The van der Waals surface area contributed by atoms with Crippen LogP contribution >= 0.6 is 0 Å². The third-order valence-corrected chi connectivity index (χ3v) is 2.56. The quantitative estimate of drug-likeness (QED) is 0.777. The summed E-state index contributed by atoms with van der Waals surface area (Å²) in [7, 11) is 0. The summed E-state index contributed by atoms with van der Waals surface area (Å²) in [5.41, 5.74) is 0.505. The number of carbonyl (C=O) groups is 1. The number of hydrogen-bond donors (Lipinski definition) is 1. The van der Waals surface area contributed by atoms with E-state index in [0.29, 0.717) is 22.6 Å². The molecule has 1 N–H and O–H groups in total. The van der Waals surface area contributed by atoms with Crippen LogP contribution in [0.15, 0.2) is 53.1 Å². The van der Waals surface area contributed by atoms with Gasteiger partial charge in [0.1, 0.15) is 11.3 Å². The molecule has 0 unspecified atom stereocenters. The molecule has 1 aromatic carbocycles. The van der Waals surface area contributed by atoms with Gasteiger partial charge in [0, 0.05) is 17.6 Å². The van der Waals surface area contributed by atoms with E-state index in [4.69, 9.17) is 14.3 Å². The summed E-state index contributed by atoms with van der Waals surface area (Å²) in [6.07, 6.45) is 1.63. The number of rotatable bonds is 3. The summed E-state index contributed by atoms with van der Waals surface area (Å²) < 4.78 is 10.7. The smallest absolute Gasteiger partial charge is 0.371 e. The maximum absolute atomic E-state index is 10.8. The number of carboxylic acid groups (broad SMARTS) is 1. The van der Waals surface area contributed by atoms with E-state index >= 15 is 0 Å². The van der Waals surface area contributed by atoms with Gasteiger partial charge in [0.15, 0.2) is 0 Å². The second-order valence-corrected chi connectivity index (χ2v) is 3.89. The number of ether oxygens (including phenoxy) is 1. The lowest BCUT2D eigenvalue weighted by molar-refractivity contribution is 0.0665. The molecule has 0 spiro atoms. The van der Waals surface area contributed by atoms with E-state index in [0.717, 1.165) is 0 Å². The molecular weight excluding hydrogens is 246 g/mol. The van der Waals surface area contributed by atoms with Gasteiger partial charge in [0.05, 0.1) is 0 Å². The van der Waals surface area contributed by atoms with E-state index < -0.39 is 5.97 Å². The molecule has 2 aromatic heterocycles. The zero-order chi connectivity index (χ0) is 13.2. The Bertz CT molecular complexity index is 734. The van der Waals surface area contributed by atoms with Crippen molar-refractivity contribution in [3.8, 4) is 11.6 Å². The van der Waals surface area contributed by atoms with Crippen molar-refractivity contribution >= 4 is 16.9 Å². The SMILES string of the molecule is O=C(O)c1cc2cc(Oc3ccccn3)ccc2o1. The molecule has 0 bridgehead atoms. The number of aromatic nitrogens is 1. The van der Waals surface area contributed by atoms with Gasteiger partial charge in [0.2, 0.25) is 11.6 Å². The molecule has 2 heterocycles. The molecule has 0 aliphatic rings. The molecule has 94 valence electrons. The van der Waals surface area contributed by atoms with Crippen molar-refractivity contribution in [2.24, 2.45) is 0 Å². The molecule has 0 aliphatic carbocycles. The van der Waals surface area contributed by atoms with Crippen LogP contribution in [0.25, 0.3) is 11.0 Å². The second-order valence-electron chi connectivity index (χ2n) is 3.89. The van der Waals surface area contributed by atoms with Crippen molar-refractivity contribution in [2.45, 2.75) is 0 Å². The van der Waals surface area contributed by atoms with Gasteiger partial charge >= 0.3 is 5.97 Å². The Morgan fingerprint density at radius 2 is 2.11 bits per heavy atom. The van der Waals surface area contributed by atoms with Gasteiger partial charge in [-0.05, 0) is 30.3 Å².